The summed E-state index contributed by atoms with van der Waals surface area (Å²) in [5, 5.41) is 4.20. The Morgan fingerprint density at radius 3 is 1.73 bits per heavy atom. The highest BCUT2D eigenvalue weighted by molar-refractivity contribution is 6.13. The minimum atomic E-state index is 0.587. The molecule has 0 spiro atoms. The molecule has 0 N–H and O–H groups in total. The summed E-state index contributed by atoms with van der Waals surface area (Å²) in [6.07, 6.45) is 8.27. The monoisotopic (exact) mass is 667 g/mol. The van der Waals surface area contributed by atoms with Gasteiger partial charge in [0.15, 0.2) is 17.5 Å². The van der Waals surface area contributed by atoms with Gasteiger partial charge in [-0.2, -0.15) is 0 Å². The highest BCUT2D eigenvalue weighted by Gasteiger charge is 2.20. The Morgan fingerprint density at radius 1 is 0.423 bits per heavy atom. The maximum atomic E-state index is 6.53. The van der Waals surface area contributed by atoms with Crippen LogP contribution in [-0.4, -0.2) is 15.0 Å². The van der Waals surface area contributed by atoms with E-state index in [1.807, 2.05) is 73.7 Å². The van der Waals surface area contributed by atoms with E-state index in [2.05, 4.69) is 115 Å². The first kappa shape index (κ1) is 31.1. The van der Waals surface area contributed by atoms with E-state index in [9.17, 15) is 0 Å². The average Bonchev–Trinajstić information content (AvgIpc) is 3.60. The van der Waals surface area contributed by atoms with Gasteiger partial charge in [-0.15, -0.1) is 0 Å². The number of hydrogen-bond donors (Lipinski definition) is 0. The lowest BCUT2D eigenvalue weighted by atomic mass is 9.96. The van der Waals surface area contributed by atoms with E-state index < -0.39 is 0 Å². The van der Waals surface area contributed by atoms with Gasteiger partial charge >= 0.3 is 0 Å². The Bertz CT molecular complexity index is 2780. The van der Waals surface area contributed by atoms with Gasteiger partial charge in [0.05, 0.1) is 0 Å². The molecular formula is C48H33N3O. The van der Waals surface area contributed by atoms with Crippen molar-refractivity contribution in [1.29, 1.82) is 0 Å². The first-order valence-electron chi connectivity index (χ1n) is 17.5. The summed E-state index contributed by atoms with van der Waals surface area (Å²) in [6.45, 7) is 2.02. The van der Waals surface area contributed by atoms with Crippen LogP contribution in [0.5, 0.6) is 0 Å². The number of furan rings is 1. The predicted octanol–water partition coefficient (Wildman–Crippen LogP) is 12.8. The standard InChI is InChI=1S/C48H33N3O/c1-2-3-6-17-35-28-29-40(39-21-12-11-20-38(35)39)47-49-46(36-18-9-5-10-19-36)50-48(51-47)42-30-37(31-44-45(42)41-22-13-14-23-43(41)52-44)34-26-24-33(25-27-34)32-15-7-4-8-16-32/h2-31H,1H3/b3-2-,17-6-. The maximum absolute atomic E-state index is 6.53. The Morgan fingerprint density at radius 2 is 1.00 bits per heavy atom. The smallest absolute Gasteiger partial charge is 0.164 e. The quantitative estimate of drug-likeness (QED) is 0.159. The van der Waals surface area contributed by atoms with Crippen LogP contribution in [0.1, 0.15) is 12.5 Å². The molecule has 0 aliphatic carbocycles. The fraction of sp³-hybridized carbons (Fsp3) is 0.0208. The van der Waals surface area contributed by atoms with Gasteiger partial charge in [-0.05, 0) is 69.8 Å². The van der Waals surface area contributed by atoms with Crippen LogP contribution in [0.3, 0.4) is 0 Å². The lowest BCUT2D eigenvalue weighted by Crippen LogP contribution is -2.01. The lowest BCUT2D eigenvalue weighted by molar-refractivity contribution is 0.669. The van der Waals surface area contributed by atoms with Crippen LogP contribution in [0.4, 0.5) is 0 Å². The molecule has 0 aliphatic heterocycles. The minimum absolute atomic E-state index is 0.587. The van der Waals surface area contributed by atoms with E-state index in [4.69, 9.17) is 19.4 Å². The number of hydrogen-bond acceptors (Lipinski definition) is 4. The van der Waals surface area contributed by atoms with Gasteiger partial charge in [-0.25, -0.2) is 15.0 Å². The average molecular weight is 668 g/mol. The fourth-order valence-electron chi connectivity index (χ4n) is 6.95. The van der Waals surface area contributed by atoms with Gasteiger partial charge in [-0.3, -0.25) is 0 Å². The second kappa shape index (κ2) is 13.4. The Labute approximate surface area is 302 Å². The van der Waals surface area contributed by atoms with Crippen molar-refractivity contribution >= 4 is 38.8 Å². The van der Waals surface area contributed by atoms with Gasteiger partial charge in [-0.1, -0.05) is 158 Å². The molecule has 9 aromatic rings. The molecule has 246 valence electrons. The molecule has 2 aromatic heterocycles. The number of para-hydroxylation sites is 1. The minimum Gasteiger partial charge on any atom is -0.456 e. The predicted molar refractivity (Wildman–Crippen MR) is 216 cm³/mol. The van der Waals surface area contributed by atoms with Crippen molar-refractivity contribution in [1.82, 2.24) is 15.0 Å². The maximum Gasteiger partial charge on any atom is 0.164 e. The van der Waals surface area contributed by atoms with E-state index >= 15 is 0 Å². The molecule has 0 fully saturated rings. The van der Waals surface area contributed by atoms with Crippen LogP contribution in [0.15, 0.2) is 180 Å². The summed E-state index contributed by atoms with van der Waals surface area (Å²) in [5.41, 5.74) is 9.94. The molecule has 52 heavy (non-hydrogen) atoms. The van der Waals surface area contributed by atoms with Gasteiger partial charge in [0, 0.05) is 27.5 Å². The van der Waals surface area contributed by atoms with Crippen LogP contribution < -0.4 is 0 Å². The molecular weight excluding hydrogens is 635 g/mol. The zero-order valence-electron chi connectivity index (χ0n) is 28.6. The summed E-state index contributed by atoms with van der Waals surface area (Å²) in [7, 11) is 0. The summed E-state index contributed by atoms with van der Waals surface area (Å²) in [4.78, 5) is 15.6. The molecule has 0 saturated heterocycles. The lowest BCUT2D eigenvalue weighted by Gasteiger charge is -2.13. The molecule has 4 heteroatoms. The van der Waals surface area contributed by atoms with Crippen molar-refractivity contribution in [2.45, 2.75) is 6.92 Å². The number of rotatable bonds is 7. The van der Waals surface area contributed by atoms with Crippen molar-refractivity contribution in [2.75, 3.05) is 0 Å². The fourth-order valence-corrected chi connectivity index (χ4v) is 6.95. The molecule has 9 rings (SSSR count). The van der Waals surface area contributed by atoms with Crippen LogP contribution >= 0.6 is 0 Å². The number of nitrogens with zero attached hydrogens (tertiary/aromatic N) is 3. The molecule has 2 heterocycles. The Balaban J connectivity index is 1.28. The van der Waals surface area contributed by atoms with E-state index in [1.54, 1.807) is 0 Å². The third-order valence-electron chi connectivity index (χ3n) is 9.49. The van der Waals surface area contributed by atoms with E-state index in [1.165, 1.54) is 11.1 Å². The molecule has 0 amide bonds. The van der Waals surface area contributed by atoms with E-state index in [0.717, 1.165) is 66.1 Å². The van der Waals surface area contributed by atoms with Crippen molar-refractivity contribution in [3.05, 3.63) is 182 Å². The highest BCUT2D eigenvalue weighted by atomic mass is 16.3. The van der Waals surface area contributed by atoms with Gasteiger partial charge in [0.1, 0.15) is 11.2 Å². The second-order valence-corrected chi connectivity index (χ2v) is 12.7. The zero-order chi connectivity index (χ0) is 34.9. The zero-order valence-corrected chi connectivity index (χ0v) is 28.6. The summed E-state index contributed by atoms with van der Waals surface area (Å²) >= 11 is 0. The molecule has 7 aromatic carbocycles. The van der Waals surface area contributed by atoms with Gasteiger partial charge in [0.25, 0.3) is 0 Å². The highest BCUT2D eigenvalue weighted by Crippen LogP contribution is 2.40. The third-order valence-corrected chi connectivity index (χ3v) is 9.49. The summed E-state index contributed by atoms with van der Waals surface area (Å²) in [5.74, 6) is 1.81. The first-order valence-corrected chi connectivity index (χ1v) is 17.5. The number of allylic oxidation sites excluding steroid dienone is 3. The molecule has 0 unspecified atom stereocenters. The number of aromatic nitrogens is 3. The van der Waals surface area contributed by atoms with Crippen molar-refractivity contribution in [3.63, 3.8) is 0 Å². The Kier molecular flexibility index (Phi) is 8.03. The van der Waals surface area contributed by atoms with E-state index in [-0.39, 0.29) is 0 Å². The number of benzene rings is 7. The molecule has 0 bridgehead atoms. The van der Waals surface area contributed by atoms with E-state index in [0.29, 0.717) is 17.5 Å². The van der Waals surface area contributed by atoms with Crippen LogP contribution in [0, 0.1) is 0 Å². The van der Waals surface area contributed by atoms with Crippen LogP contribution in [0.2, 0.25) is 0 Å². The summed E-state index contributed by atoms with van der Waals surface area (Å²) < 4.78 is 6.53. The van der Waals surface area contributed by atoms with Crippen LogP contribution in [0.25, 0.3) is 95.2 Å². The molecule has 0 aliphatic rings. The second-order valence-electron chi connectivity index (χ2n) is 12.7. The molecule has 4 nitrogen and oxygen atoms in total. The topological polar surface area (TPSA) is 51.8 Å². The number of fused-ring (bicyclic) bond motifs is 4. The van der Waals surface area contributed by atoms with Crippen LogP contribution in [-0.2, 0) is 0 Å². The van der Waals surface area contributed by atoms with Crippen molar-refractivity contribution in [2.24, 2.45) is 0 Å². The van der Waals surface area contributed by atoms with Gasteiger partial charge < -0.3 is 4.42 Å². The van der Waals surface area contributed by atoms with Gasteiger partial charge in [0.2, 0.25) is 0 Å². The first-order chi connectivity index (χ1) is 25.7. The van der Waals surface area contributed by atoms with Crippen molar-refractivity contribution in [3.8, 4) is 56.4 Å². The Hall–Kier alpha value is -6.91. The molecule has 0 radical (unpaired) electrons. The normalized spacial score (nSPS) is 11.8. The largest absolute Gasteiger partial charge is 0.456 e. The summed E-state index contributed by atoms with van der Waals surface area (Å²) in [6, 6.07) is 54.5. The SMILES string of the molecule is C/C=C\C=C/c1ccc(-c2nc(-c3ccccc3)nc(-c3cc(-c4ccc(-c5ccccc5)cc4)cc4oc5ccccc5c34)n2)c2ccccc12. The molecule has 0 saturated carbocycles. The van der Waals surface area contributed by atoms with Crippen molar-refractivity contribution < 1.29 is 4.42 Å². The third kappa shape index (κ3) is 5.76. The molecule has 0 atom stereocenters.